The Kier molecular flexibility index (Phi) is 13.6. The molecule has 1 aromatic heterocycles. The highest BCUT2D eigenvalue weighted by atomic mass is 19.1. The number of nitrogens with one attached hydrogen (secondary N) is 2. The summed E-state index contributed by atoms with van der Waals surface area (Å²) < 4.78 is 42.4. The van der Waals surface area contributed by atoms with Crippen LogP contribution in [0.2, 0.25) is 0 Å². The number of aromatic nitrogens is 1. The SMILES string of the molecule is C/C=C(\C=C(/C)CCC(=O)Nc1ccc(F)c(Oc2ccnc3c2CCC(=O)N3)c1)CF.CC.CF. The number of fused-ring (bicyclic) bond motifs is 1. The van der Waals surface area contributed by atoms with Crippen LogP contribution in [0.5, 0.6) is 11.5 Å². The van der Waals surface area contributed by atoms with Gasteiger partial charge in [-0.15, -0.1) is 0 Å². The molecule has 0 bridgehead atoms. The molecule has 2 aromatic rings. The number of halogens is 3. The summed E-state index contributed by atoms with van der Waals surface area (Å²) in [5.74, 6) is -0.217. The third kappa shape index (κ3) is 9.20. The van der Waals surface area contributed by atoms with Crippen molar-refractivity contribution in [1.82, 2.24) is 4.98 Å². The lowest BCUT2D eigenvalue weighted by atomic mass is 10.1. The van der Waals surface area contributed by atoms with Crippen LogP contribution in [-0.4, -0.2) is 30.7 Å². The summed E-state index contributed by atoms with van der Waals surface area (Å²) in [6.45, 7) is 7.05. The number of ether oxygens (including phenoxy) is 1. The predicted molar refractivity (Wildman–Crippen MR) is 137 cm³/mol. The fraction of sp³-hybridized carbons (Fsp3) is 0.370. The van der Waals surface area contributed by atoms with Crippen LogP contribution in [0.4, 0.5) is 24.7 Å². The predicted octanol–water partition coefficient (Wildman–Crippen LogP) is 7.09. The highest BCUT2D eigenvalue weighted by Crippen LogP contribution is 2.34. The molecule has 0 spiro atoms. The summed E-state index contributed by atoms with van der Waals surface area (Å²) in [6, 6.07) is 5.68. The number of anilines is 2. The van der Waals surface area contributed by atoms with E-state index in [9.17, 15) is 22.8 Å². The van der Waals surface area contributed by atoms with Crippen molar-refractivity contribution < 1.29 is 27.5 Å². The number of carbonyl (C=O) groups is 2. The maximum absolute atomic E-state index is 14.4. The molecule has 1 aromatic carbocycles. The van der Waals surface area contributed by atoms with E-state index in [1.165, 1.54) is 24.4 Å². The third-order valence-corrected chi connectivity index (χ3v) is 5.01. The summed E-state index contributed by atoms with van der Waals surface area (Å²) in [5, 5.41) is 5.40. The molecule has 2 heterocycles. The number of hydrogen-bond donors (Lipinski definition) is 2. The fourth-order valence-electron chi connectivity index (χ4n) is 3.25. The summed E-state index contributed by atoms with van der Waals surface area (Å²) in [5.41, 5.74) is 2.55. The average molecular weight is 506 g/mol. The average Bonchev–Trinajstić information content (AvgIpc) is 2.90. The molecule has 0 saturated heterocycles. The van der Waals surface area contributed by atoms with Gasteiger partial charge in [-0.05, 0) is 50.5 Å². The molecule has 2 amide bonds. The maximum Gasteiger partial charge on any atom is 0.225 e. The van der Waals surface area contributed by atoms with Crippen molar-refractivity contribution in [3.63, 3.8) is 0 Å². The number of amides is 2. The van der Waals surface area contributed by atoms with Crippen LogP contribution in [0.15, 0.2) is 53.8 Å². The molecule has 0 aliphatic carbocycles. The molecule has 0 saturated carbocycles. The minimum Gasteiger partial charge on any atom is -0.454 e. The first-order valence-corrected chi connectivity index (χ1v) is 11.7. The number of benzene rings is 1. The van der Waals surface area contributed by atoms with Crippen LogP contribution < -0.4 is 15.4 Å². The van der Waals surface area contributed by atoms with Gasteiger partial charge >= 0.3 is 0 Å². The Labute approximate surface area is 210 Å². The second kappa shape index (κ2) is 16.1. The zero-order valence-corrected chi connectivity index (χ0v) is 21.4. The number of pyridine rings is 1. The van der Waals surface area contributed by atoms with Crippen molar-refractivity contribution in [3.8, 4) is 11.5 Å². The Morgan fingerprint density at radius 3 is 2.56 bits per heavy atom. The van der Waals surface area contributed by atoms with E-state index in [4.69, 9.17) is 4.74 Å². The second-order valence-corrected chi connectivity index (χ2v) is 7.47. The van der Waals surface area contributed by atoms with E-state index in [0.29, 0.717) is 54.8 Å². The van der Waals surface area contributed by atoms with E-state index in [1.54, 1.807) is 25.1 Å². The van der Waals surface area contributed by atoms with Crippen molar-refractivity contribution in [2.24, 2.45) is 0 Å². The maximum atomic E-state index is 14.4. The first-order valence-electron chi connectivity index (χ1n) is 11.7. The van der Waals surface area contributed by atoms with Crippen molar-refractivity contribution in [2.75, 3.05) is 24.5 Å². The van der Waals surface area contributed by atoms with Crippen molar-refractivity contribution in [3.05, 3.63) is 65.1 Å². The molecule has 36 heavy (non-hydrogen) atoms. The molecule has 3 rings (SSSR count). The van der Waals surface area contributed by atoms with Gasteiger partial charge < -0.3 is 15.4 Å². The number of nitrogens with zero attached hydrogens (tertiary/aromatic N) is 1. The normalized spacial score (nSPS) is 12.7. The molecule has 0 unspecified atom stereocenters. The summed E-state index contributed by atoms with van der Waals surface area (Å²) >= 11 is 0. The zero-order chi connectivity index (χ0) is 27.1. The third-order valence-electron chi connectivity index (χ3n) is 5.01. The molecule has 6 nitrogen and oxygen atoms in total. The Balaban J connectivity index is 0.00000154. The van der Waals surface area contributed by atoms with Crippen molar-refractivity contribution >= 4 is 23.3 Å². The molecular formula is C27H34F3N3O3. The standard InChI is InChI=1S/C24H25F2N3O3.C2H6.CH3F/c1-3-16(14-25)12-15(2)4-8-22(30)28-17-5-7-19(26)21(13-17)32-20-10-11-27-24-18(20)6-9-23(31)29-24;2*1-2/h3,5,7,10-13H,4,6,8-9,14H2,1-2H3,(H,28,30)(H,27,29,31);1-2H3;1H3/b15-12+,16-3+;;. The molecule has 9 heteroatoms. The Morgan fingerprint density at radius 1 is 1.17 bits per heavy atom. The summed E-state index contributed by atoms with van der Waals surface area (Å²) in [4.78, 5) is 28.0. The lowest BCUT2D eigenvalue weighted by Gasteiger charge is -2.19. The van der Waals surface area contributed by atoms with Crippen LogP contribution in [0, 0.1) is 5.82 Å². The van der Waals surface area contributed by atoms with Crippen molar-refractivity contribution in [2.45, 2.75) is 53.4 Å². The van der Waals surface area contributed by atoms with Gasteiger partial charge in [0.05, 0.1) is 7.18 Å². The van der Waals surface area contributed by atoms with Gasteiger partial charge in [0.15, 0.2) is 11.6 Å². The molecule has 1 aliphatic rings. The largest absolute Gasteiger partial charge is 0.454 e. The van der Waals surface area contributed by atoms with Crippen LogP contribution in [-0.2, 0) is 16.0 Å². The number of hydrogen-bond acceptors (Lipinski definition) is 4. The van der Waals surface area contributed by atoms with Gasteiger partial charge in [-0.3, -0.25) is 14.0 Å². The molecule has 0 radical (unpaired) electrons. The molecule has 196 valence electrons. The lowest BCUT2D eigenvalue weighted by molar-refractivity contribution is -0.117. The Morgan fingerprint density at radius 2 is 1.89 bits per heavy atom. The summed E-state index contributed by atoms with van der Waals surface area (Å²) in [7, 11) is 0.500. The van der Waals surface area contributed by atoms with E-state index < -0.39 is 12.5 Å². The van der Waals surface area contributed by atoms with Gasteiger partial charge in [-0.25, -0.2) is 13.8 Å². The van der Waals surface area contributed by atoms with E-state index >= 15 is 0 Å². The van der Waals surface area contributed by atoms with E-state index in [1.807, 2.05) is 20.8 Å². The minimum atomic E-state index is -0.586. The Hall–Kier alpha value is -3.62. The highest BCUT2D eigenvalue weighted by molar-refractivity contribution is 5.93. The molecule has 0 atom stereocenters. The van der Waals surface area contributed by atoms with Gasteiger partial charge in [-0.1, -0.05) is 31.6 Å². The van der Waals surface area contributed by atoms with Gasteiger partial charge in [0.25, 0.3) is 0 Å². The smallest absolute Gasteiger partial charge is 0.225 e. The van der Waals surface area contributed by atoms with Gasteiger partial charge in [-0.2, -0.15) is 0 Å². The molecular weight excluding hydrogens is 471 g/mol. The van der Waals surface area contributed by atoms with E-state index in [2.05, 4.69) is 15.6 Å². The first-order chi connectivity index (χ1) is 17.4. The zero-order valence-electron chi connectivity index (χ0n) is 21.4. The van der Waals surface area contributed by atoms with Crippen LogP contribution in [0.3, 0.4) is 0 Å². The number of allylic oxidation sites excluding steroid dienone is 4. The van der Waals surface area contributed by atoms with Gasteiger partial charge in [0.1, 0.15) is 18.2 Å². The van der Waals surface area contributed by atoms with Crippen molar-refractivity contribution in [1.29, 1.82) is 0 Å². The summed E-state index contributed by atoms with van der Waals surface area (Å²) in [6.07, 6.45) is 6.31. The van der Waals surface area contributed by atoms with Gasteiger partial charge in [0, 0.05) is 36.4 Å². The van der Waals surface area contributed by atoms with Crippen LogP contribution in [0.25, 0.3) is 0 Å². The highest BCUT2D eigenvalue weighted by Gasteiger charge is 2.21. The van der Waals surface area contributed by atoms with E-state index in [0.717, 1.165) is 5.57 Å². The number of alkyl halides is 2. The number of rotatable bonds is 8. The molecule has 0 fully saturated rings. The monoisotopic (exact) mass is 505 g/mol. The number of carbonyl (C=O) groups excluding carboxylic acids is 2. The lowest BCUT2D eigenvalue weighted by Crippen LogP contribution is -2.20. The fourth-order valence-corrected chi connectivity index (χ4v) is 3.25. The quantitative estimate of drug-likeness (QED) is 0.375. The van der Waals surface area contributed by atoms with E-state index in [-0.39, 0.29) is 24.0 Å². The van der Waals surface area contributed by atoms with Crippen LogP contribution in [0.1, 0.15) is 52.5 Å². The molecule has 2 N–H and O–H groups in total. The molecule has 1 aliphatic heterocycles. The first kappa shape index (κ1) is 30.4. The van der Waals surface area contributed by atoms with Gasteiger partial charge in [0.2, 0.25) is 11.8 Å². The second-order valence-electron chi connectivity index (χ2n) is 7.47. The topological polar surface area (TPSA) is 80.3 Å². The minimum absolute atomic E-state index is 0.0511. The van der Waals surface area contributed by atoms with Crippen LogP contribution >= 0.6 is 0 Å². The Bertz CT molecular complexity index is 1090.